The second-order valence-corrected chi connectivity index (χ2v) is 11.5. The Morgan fingerprint density at radius 1 is 1.16 bits per heavy atom. The number of likely N-dealkylation sites (N-methyl/N-ethyl adjacent to an activating group) is 1. The summed E-state index contributed by atoms with van der Waals surface area (Å²) in [6.45, 7) is 3.49. The van der Waals surface area contributed by atoms with Crippen LogP contribution in [-0.4, -0.2) is 115 Å². The smallest absolute Gasteiger partial charge is 0.461 e. The zero-order valence-electron chi connectivity index (χ0n) is 24.1. The van der Waals surface area contributed by atoms with Crippen molar-refractivity contribution in [3.63, 3.8) is 0 Å². The van der Waals surface area contributed by atoms with Crippen molar-refractivity contribution < 1.29 is 32.9 Å². The summed E-state index contributed by atoms with van der Waals surface area (Å²) in [5.74, 6) is -0.267. The van der Waals surface area contributed by atoms with Crippen LogP contribution in [0.1, 0.15) is 12.0 Å². The Morgan fingerprint density at radius 2 is 2.07 bits per heavy atom. The Hall–Kier alpha value is -3.85. The number of benzene rings is 1. The molecule has 6 bridgehead atoms. The van der Waals surface area contributed by atoms with E-state index in [1.54, 1.807) is 18.5 Å². The first kappa shape index (κ1) is 28.9. The summed E-state index contributed by atoms with van der Waals surface area (Å²) in [6.07, 6.45) is 2.32. The predicted molar refractivity (Wildman–Crippen MR) is 158 cm³/mol. The van der Waals surface area contributed by atoms with E-state index in [9.17, 15) is 4.79 Å². The first-order valence-electron chi connectivity index (χ1n) is 14.5. The van der Waals surface area contributed by atoms with E-state index in [-0.39, 0.29) is 49.7 Å². The monoisotopic (exact) mass is 627 g/mol. The molecule has 8 rings (SSSR count). The number of aromatic amines is 1. The Balaban J connectivity index is 1.40. The quantitative estimate of drug-likeness (QED) is 0.333. The Labute approximate surface area is 256 Å². The van der Waals surface area contributed by atoms with Crippen LogP contribution in [0.15, 0.2) is 18.5 Å². The fourth-order valence-corrected chi connectivity index (χ4v) is 6.17. The van der Waals surface area contributed by atoms with Gasteiger partial charge < -0.3 is 33.5 Å². The van der Waals surface area contributed by atoms with Crippen molar-refractivity contribution in [3.05, 3.63) is 34.9 Å². The normalized spacial score (nSPS) is 21.7. The lowest BCUT2D eigenvalue weighted by atomic mass is 9.95. The molecule has 4 aromatic rings. The van der Waals surface area contributed by atoms with Crippen molar-refractivity contribution in [1.29, 1.82) is 0 Å². The SMILES string of the molecule is CN1CCO[C@@H](COc2nc3c4cnc(c(F)c4n2)-c2c(c(Cl)cc4[nH]ncc24)CCCOC(=O)O[C@@H]2COCCN3C2)C1. The molecule has 15 heteroatoms. The van der Waals surface area contributed by atoms with Gasteiger partial charge in [-0.2, -0.15) is 15.1 Å². The number of nitrogens with zero attached hydrogens (tertiary/aromatic N) is 6. The lowest BCUT2D eigenvalue weighted by Crippen LogP contribution is -2.42. The van der Waals surface area contributed by atoms with E-state index in [1.165, 1.54) is 0 Å². The van der Waals surface area contributed by atoms with Crippen LogP contribution in [-0.2, 0) is 25.4 Å². The summed E-state index contributed by atoms with van der Waals surface area (Å²) in [4.78, 5) is 30.5. The molecular weight excluding hydrogens is 597 g/mol. The first-order valence-corrected chi connectivity index (χ1v) is 14.9. The van der Waals surface area contributed by atoms with E-state index in [0.717, 1.165) is 6.54 Å². The van der Waals surface area contributed by atoms with Crippen LogP contribution in [0.4, 0.5) is 15.0 Å². The van der Waals surface area contributed by atoms with Crippen LogP contribution in [0.25, 0.3) is 33.1 Å². The van der Waals surface area contributed by atoms with Gasteiger partial charge in [0.05, 0.1) is 50.1 Å². The van der Waals surface area contributed by atoms with Gasteiger partial charge in [-0.1, -0.05) is 11.6 Å². The van der Waals surface area contributed by atoms with Crippen molar-refractivity contribution in [3.8, 4) is 17.3 Å². The highest BCUT2D eigenvalue weighted by atomic mass is 35.5. The van der Waals surface area contributed by atoms with Crippen LogP contribution in [0.2, 0.25) is 5.02 Å². The highest BCUT2D eigenvalue weighted by Gasteiger charge is 2.29. The van der Waals surface area contributed by atoms with Gasteiger partial charge in [-0.25, -0.2) is 9.18 Å². The average molecular weight is 628 g/mol. The van der Waals surface area contributed by atoms with Crippen LogP contribution in [0, 0.1) is 5.82 Å². The van der Waals surface area contributed by atoms with Gasteiger partial charge in [0.25, 0.3) is 0 Å². The van der Waals surface area contributed by atoms with E-state index in [1.807, 2.05) is 11.9 Å². The lowest BCUT2D eigenvalue weighted by molar-refractivity contribution is -0.0416. The molecule has 0 radical (unpaired) electrons. The van der Waals surface area contributed by atoms with Crippen LogP contribution >= 0.6 is 11.6 Å². The van der Waals surface area contributed by atoms with E-state index in [0.29, 0.717) is 77.4 Å². The molecule has 13 nitrogen and oxygen atoms in total. The molecule has 0 amide bonds. The van der Waals surface area contributed by atoms with Gasteiger partial charge in [0, 0.05) is 41.8 Å². The summed E-state index contributed by atoms with van der Waals surface area (Å²) in [5.41, 5.74) is 1.86. The topological polar surface area (TPSA) is 137 Å². The van der Waals surface area contributed by atoms with E-state index >= 15 is 4.39 Å². The molecule has 0 aliphatic carbocycles. The molecule has 4 aliphatic heterocycles. The summed E-state index contributed by atoms with van der Waals surface area (Å²) >= 11 is 6.73. The number of carbonyl (C=O) groups is 1. The molecule has 232 valence electrons. The van der Waals surface area contributed by atoms with E-state index < -0.39 is 18.1 Å². The Kier molecular flexibility index (Phi) is 8.06. The fraction of sp³-hybridized carbons (Fsp3) is 0.483. The summed E-state index contributed by atoms with van der Waals surface area (Å²) in [6, 6.07) is 1.73. The molecule has 2 atom stereocenters. The second kappa shape index (κ2) is 12.3. The molecule has 3 aromatic heterocycles. The van der Waals surface area contributed by atoms with Gasteiger partial charge in [0.1, 0.15) is 35.8 Å². The van der Waals surface area contributed by atoms with E-state index in [2.05, 4.69) is 25.1 Å². The number of halogens is 2. The molecule has 4 aliphatic rings. The number of H-pyrrole nitrogens is 1. The van der Waals surface area contributed by atoms with Gasteiger partial charge >= 0.3 is 12.2 Å². The number of rotatable bonds is 3. The Bertz CT molecular complexity index is 1710. The minimum Gasteiger partial charge on any atom is -0.461 e. The zero-order chi connectivity index (χ0) is 30.2. The third-order valence-electron chi connectivity index (χ3n) is 8.01. The van der Waals surface area contributed by atoms with Crippen LogP contribution < -0.4 is 9.64 Å². The van der Waals surface area contributed by atoms with Gasteiger partial charge in [-0.05, 0) is 31.5 Å². The number of morpholine rings is 1. The summed E-state index contributed by atoms with van der Waals surface area (Å²) in [5, 5.41) is 8.49. The van der Waals surface area contributed by atoms with Gasteiger partial charge in [0.15, 0.2) is 5.82 Å². The number of fused-ring (bicyclic) bond motifs is 7. The first-order chi connectivity index (χ1) is 21.4. The third kappa shape index (κ3) is 5.70. The molecule has 2 fully saturated rings. The van der Waals surface area contributed by atoms with Gasteiger partial charge in [-0.3, -0.25) is 10.1 Å². The maximum absolute atomic E-state index is 16.8. The number of pyridine rings is 1. The minimum absolute atomic E-state index is 0.0108. The molecular formula is C29H31ClFN7O6. The maximum Gasteiger partial charge on any atom is 0.508 e. The van der Waals surface area contributed by atoms with Crippen LogP contribution in [0.5, 0.6) is 6.01 Å². The van der Waals surface area contributed by atoms with Crippen molar-refractivity contribution in [2.45, 2.75) is 25.0 Å². The second-order valence-electron chi connectivity index (χ2n) is 11.1. The molecule has 0 spiro atoms. The standard InChI is InChI=1S/C29H31ClFN7O6/c1-37-4-8-41-16(12-37)15-43-28-34-25-20-10-32-26(24(25)31)23-18(21(30)9-22-19(23)11-33-36-22)3-2-6-42-29(39)44-17-13-38(27(20)35-28)5-7-40-14-17/h9-11,16-17H,2-8,12-15H2,1H3,(H,33,36)/t16-,17+/m1/s1. The average Bonchev–Trinajstić information content (AvgIpc) is 3.35. The number of hydrogen-bond acceptors (Lipinski definition) is 12. The lowest BCUT2D eigenvalue weighted by Gasteiger charge is -2.29. The Morgan fingerprint density at radius 3 is 2.95 bits per heavy atom. The molecule has 1 N–H and O–H groups in total. The molecule has 0 unspecified atom stereocenters. The maximum atomic E-state index is 16.8. The highest BCUT2D eigenvalue weighted by Crippen LogP contribution is 2.40. The number of nitrogens with one attached hydrogen (secondary N) is 1. The van der Waals surface area contributed by atoms with E-state index in [4.69, 9.17) is 40.3 Å². The van der Waals surface area contributed by atoms with Crippen LogP contribution in [0.3, 0.4) is 0 Å². The van der Waals surface area contributed by atoms with Crippen molar-refractivity contribution in [1.82, 2.24) is 30.0 Å². The number of anilines is 1. The third-order valence-corrected chi connectivity index (χ3v) is 8.34. The van der Waals surface area contributed by atoms with Crippen molar-refractivity contribution in [2.75, 3.05) is 71.2 Å². The fourth-order valence-electron chi connectivity index (χ4n) is 5.87. The molecule has 1 aromatic carbocycles. The largest absolute Gasteiger partial charge is 0.508 e. The summed E-state index contributed by atoms with van der Waals surface area (Å²) < 4.78 is 45.4. The number of ether oxygens (including phenoxy) is 5. The number of aromatic nitrogens is 5. The van der Waals surface area contributed by atoms with Gasteiger partial charge in [0.2, 0.25) is 0 Å². The minimum atomic E-state index is -0.797. The molecule has 44 heavy (non-hydrogen) atoms. The zero-order valence-corrected chi connectivity index (χ0v) is 24.8. The molecule has 2 saturated heterocycles. The van der Waals surface area contributed by atoms with Gasteiger partial charge in [-0.15, -0.1) is 0 Å². The number of carbonyl (C=O) groups excluding carboxylic acids is 1. The van der Waals surface area contributed by atoms with Crippen molar-refractivity contribution >= 4 is 45.4 Å². The predicted octanol–water partition coefficient (Wildman–Crippen LogP) is 3.37. The molecule has 7 heterocycles. The highest BCUT2D eigenvalue weighted by molar-refractivity contribution is 6.33. The summed E-state index contributed by atoms with van der Waals surface area (Å²) in [7, 11) is 2.01. The van der Waals surface area contributed by atoms with Crippen molar-refractivity contribution in [2.24, 2.45) is 0 Å². The number of hydrogen-bond donors (Lipinski definition) is 1. The molecule has 0 saturated carbocycles.